The highest BCUT2D eigenvalue weighted by atomic mass is 16.4. The van der Waals surface area contributed by atoms with Gasteiger partial charge in [-0.2, -0.15) is 0 Å². The van der Waals surface area contributed by atoms with Crippen LogP contribution in [0.15, 0.2) is 0 Å². The predicted octanol–water partition coefficient (Wildman–Crippen LogP) is 0.406. The van der Waals surface area contributed by atoms with E-state index in [9.17, 15) is 9.59 Å². The number of carboxylic acid groups (broad SMARTS) is 1. The molecule has 1 heterocycles. The van der Waals surface area contributed by atoms with Gasteiger partial charge in [0.15, 0.2) is 6.04 Å². The Morgan fingerprint density at radius 2 is 2.00 bits per heavy atom. The number of carbonyl (C=O) groups excluding carboxylic acids is 1. The van der Waals surface area contributed by atoms with E-state index in [0.717, 1.165) is 25.7 Å². The second-order valence-corrected chi connectivity index (χ2v) is 5.12. The summed E-state index contributed by atoms with van der Waals surface area (Å²) in [5, 5.41) is 20.1. The number of carboxylic acids is 1. The van der Waals surface area contributed by atoms with E-state index in [4.69, 9.17) is 10.2 Å². The molecule has 2 aliphatic rings. The second kappa shape index (κ2) is 5.56. The Hall–Kier alpha value is -1.30. The molecule has 3 atom stereocenters. The van der Waals surface area contributed by atoms with E-state index in [-0.39, 0.29) is 12.1 Å². The van der Waals surface area contributed by atoms with E-state index >= 15 is 0 Å². The SMILES string of the molecule is O=C(O)[C@H](CO)NC(=O)N1CCC2CCCCC21. The molecule has 0 bridgehead atoms. The highest BCUT2D eigenvalue weighted by molar-refractivity contribution is 5.83. The van der Waals surface area contributed by atoms with Gasteiger partial charge in [-0.25, -0.2) is 9.59 Å². The number of aliphatic hydroxyl groups excluding tert-OH is 1. The smallest absolute Gasteiger partial charge is 0.328 e. The molecule has 102 valence electrons. The number of nitrogens with one attached hydrogen (secondary N) is 1. The lowest BCUT2D eigenvalue weighted by Gasteiger charge is -2.32. The van der Waals surface area contributed by atoms with E-state index < -0.39 is 18.6 Å². The summed E-state index contributed by atoms with van der Waals surface area (Å²) in [5.41, 5.74) is 0. The number of hydrogen-bond donors (Lipinski definition) is 3. The zero-order valence-electron chi connectivity index (χ0n) is 10.3. The van der Waals surface area contributed by atoms with Gasteiger partial charge in [-0.15, -0.1) is 0 Å². The van der Waals surface area contributed by atoms with Crippen molar-refractivity contribution in [2.24, 2.45) is 5.92 Å². The number of carbonyl (C=O) groups is 2. The molecule has 2 fully saturated rings. The monoisotopic (exact) mass is 256 g/mol. The van der Waals surface area contributed by atoms with E-state index in [1.807, 2.05) is 0 Å². The topological polar surface area (TPSA) is 89.9 Å². The van der Waals surface area contributed by atoms with Gasteiger partial charge in [0.05, 0.1) is 6.61 Å². The molecule has 2 amide bonds. The van der Waals surface area contributed by atoms with Crippen molar-refractivity contribution in [3.8, 4) is 0 Å². The third-order valence-electron chi connectivity index (χ3n) is 4.05. The first kappa shape index (κ1) is 13.1. The Morgan fingerprint density at radius 3 is 2.67 bits per heavy atom. The first-order valence-corrected chi connectivity index (χ1v) is 6.54. The summed E-state index contributed by atoms with van der Waals surface area (Å²) in [5.74, 6) is -0.632. The Bertz CT molecular complexity index is 334. The van der Waals surface area contributed by atoms with Crippen molar-refractivity contribution in [3.05, 3.63) is 0 Å². The molecule has 0 spiro atoms. The lowest BCUT2D eigenvalue weighted by atomic mass is 9.85. The van der Waals surface area contributed by atoms with Crippen LogP contribution in [0.25, 0.3) is 0 Å². The van der Waals surface area contributed by atoms with E-state index in [2.05, 4.69) is 5.32 Å². The molecule has 0 aromatic carbocycles. The standard InChI is InChI=1S/C12H20N2O4/c15-7-9(11(16)17)13-12(18)14-6-5-8-3-1-2-4-10(8)14/h8-10,15H,1-7H2,(H,13,18)(H,16,17)/t8?,9-,10?/m0/s1. The molecule has 0 aromatic rings. The van der Waals surface area contributed by atoms with Gasteiger partial charge in [0.25, 0.3) is 0 Å². The number of likely N-dealkylation sites (tertiary alicyclic amines) is 1. The summed E-state index contributed by atoms with van der Waals surface area (Å²) in [4.78, 5) is 24.5. The Balaban J connectivity index is 1.94. The number of hydrogen-bond acceptors (Lipinski definition) is 3. The first-order chi connectivity index (χ1) is 8.63. The van der Waals surface area contributed by atoms with Crippen molar-refractivity contribution < 1.29 is 19.8 Å². The maximum atomic E-state index is 12.0. The van der Waals surface area contributed by atoms with Crippen LogP contribution in [0.4, 0.5) is 4.79 Å². The molecule has 2 rings (SSSR count). The largest absolute Gasteiger partial charge is 0.480 e. The van der Waals surface area contributed by atoms with Crippen LogP contribution >= 0.6 is 0 Å². The summed E-state index contributed by atoms with van der Waals surface area (Å²) < 4.78 is 0. The first-order valence-electron chi connectivity index (χ1n) is 6.54. The molecule has 1 aliphatic heterocycles. The van der Waals surface area contributed by atoms with Crippen molar-refractivity contribution in [1.29, 1.82) is 0 Å². The number of aliphatic carboxylic acids is 1. The van der Waals surface area contributed by atoms with Crippen LogP contribution in [0.5, 0.6) is 0 Å². The average molecular weight is 256 g/mol. The number of nitrogens with zero attached hydrogens (tertiary/aromatic N) is 1. The summed E-state index contributed by atoms with van der Waals surface area (Å²) >= 11 is 0. The van der Waals surface area contributed by atoms with Crippen LogP contribution in [0, 0.1) is 5.92 Å². The Kier molecular flexibility index (Phi) is 4.06. The average Bonchev–Trinajstić information content (AvgIpc) is 2.79. The fraction of sp³-hybridized carbons (Fsp3) is 0.833. The molecule has 18 heavy (non-hydrogen) atoms. The van der Waals surface area contributed by atoms with Crippen LogP contribution in [-0.2, 0) is 4.79 Å². The van der Waals surface area contributed by atoms with Crippen LogP contribution in [0.1, 0.15) is 32.1 Å². The second-order valence-electron chi connectivity index (χ2n) is 5.12. The van der Waals surface area contributed by atoms with Gasteiger partial charge in [0.2, 0.25) is 0 Å². The van der Waals surface area contributed by atoms with Crippen LogP contribution in [0.3, 0.4) is 0 Å². The molecule has 0 aromatic heterocycles. The van der Waals surface area contributed by atoms with Crippen molar-refractivity contribution >= 4 is 12.0 Å². The molecular weight excluding hydrogens is 236 g/mol. The molecule has 6 nitrogen and oxygen atoms in total. The lowest BCUT2D eigenvalue weighted by molar-refractivity contribution is -0.140. The molecule has 6 heteroatoms. The van der Waals surface area contributed by atoms with Gasteiger partial charge in [-0.05, 0) is 25.2 Å². The van der Waals surface area contributed by atoms with Crippen LogP contribution < -0.4 is 5.32 Å². The Morgan fingerprint density at radius 1 is 1.28 bits per heavy atom. The van der Waals surface area contributed by atoms with Crippen molar-refractivity contribution in [2.45, 2.75) is 44.2 Å². The van der Waals surface area contributed by atoms with Crippen LogP contribution in [0.2, 0.25) is 0 Å². The summed E-state index contributed by atoms with van der Waals surface area (Å²) in [7, 11) is 0. The highest BCUT2D eigenvalue weighted by Gasteiger charge is 2.38. The van der Waals surface area contributed by atoms with Crippen molar-refractivity contribution in [1.82, 2.24) is 10.2 Å². The van der Waals surface area contributed by atoms with E-state index in [1.165, 1.54) is 6.42 Å². The van der Waals surface area contributed by atoms with Gasteiger partial charge >= 0.3 is 12.0 Å². The number of aliphatic hydroxyl groups is 1. The molecule has 0 radical (unpaired) electrons. The Labute approximate surface area is 106 Å². The quantitative estimate of drug-likeness (QED) is 0.682. The minimum Gasteiger partial charge on any atom is -0.480 e. The molecule has 1 saturated carbocycles. The third-order valence-corrected chi connectivity index (χ3v) is 4.05. The molecule has 1 aliphatic carbocycles. The van der Waals surface area contributed by atoms with Crippen molar-refractivity contribution in [3.63, 3.8) is 0 Å². The zero-order chi connectivity index (χ0) is 13.1. The summed E-state index contributed by atoms with van der Waals surface area (Å²) in [6.07, 6.45) is 5.54. The number of rotatable bonds is 3. The van der Waals surface area contributed by atoms with E-state index in [1.54, 1.807) is 4.90 Å². The molecule has 2 unspecified atom stereocenters. The summed E-state index contributed by atoms with van der Waals surface area (Å²) in [6.45, 7) is 0.113. The normalized spacial score (nSPS) is 28.6. The maximum Gasteiger partial charge on any atom is 0.328 e. The van der Waals surface area contributed by atoms with Crippen LogP contribution in [-0.4, -0.2) is 52.3 Å². The van der Waals surface area contributed by atoms with Gasteiger partial charge in [-0.1, -0.05) is 12.8 Å². The number of urea groups is 1. The minimum absolute atomic E-state index is 0.256. The fourth-order valence-corrected chi connectivity index (χ4v) is 3.08. The number of fused-ring (bicyclic) bond motifs is 1. The van der Waals surface area contributed by atoms with Gasteiger partial charge < -0.3 is 20.4 Å². The highest BCUT2D eigenvalue weighted by Crippen LogP contribution is 2.35. The predicted molar refractivity (Wildman–Crippen MR) is 64.1 cm³/mol. The maximum absolute atomic E-state index is 12.0. The lowest BCUT2D eigenvalue weighted by Crippen LogP contribution is -2.51. The van der Waals surface area contributed by atoms with Gasteiger partial charge in [-0.3, -0.25) is 0 Å². The van der Waals surface area contributed by atoms with Crippen molar-refractivity contribution in [2.75, 3.05) is 13.2 Å². The van der Waals surface area contributed by atoms with Gasteiger partial charge in [0, 0.05) is 12.6 Å². The molecular formula is C12H20N2O4. The minimum atomic E-state index is -1.21. The fourth-order valence-electron chi connectivity index (χ4n) is 3.08. The van der Waals surface area contributed by atoms with E-state index in [0.29, 0.717) is 12.5 Å². The molecule has 3 N–H and O–H groups in total. The molecule has 1 saturated heterocycles. The van der Waals surface area contributed by atoms with Gasteiger partial charge in [0.1, 0.15) is 0 Å². The third kappa shape index (κ3) is 2.58. The zero-order valence-corrected chi connectivity index (χ0v) is 10.3. The summed E-state index contributed by atoms with van der Waals surface area (Å²) in [6, 6.07) is -1.31. The number of amides is 2.